The third-order valence-electron chi connectivity index (χ3n) is 8.46. The van der Waals surface area contributed by atoms with E-state index in [1.165, 1.54) is 12.0 Å². The van der Waals surface area contributed by atoms with Gasteiger partial charge in [0.05, 0.1) is 5.41 Å². The summed E-state index contributed by atoms with van der Waals surface area (Å²) >= 11 is 0. The number of hydrogen-bond donors (Lipinski definition) is 2. The minimum atomic E-state index is -0.570. The maximum Gasteiger partial charge on any atom is 0.415 e. The minimum absolute atomic E-state index is 0.0337. The molecule has 4 bridgehead atoms. The van der Waals surface area contributed by atoms with Gasteiger partial charge in [-0.2, -0.15) is 0 Å². The molecule has 2 N–H and O–H groups in total. The van der Waals surface area contributed by atoms with E-state index in [0.29, 0.717) is 5.92 Å². The van der Waals surface area contributed by atoms with Crippen LogP contribution in [0, 0.1) is 16.7 Å². The molecule has 30 heavy (non-hydrogen) atoms. The molecule has 1 amide bonds. The lowest BCUT2D eigenvalue weighted by Gasteiger charge is -2.65. The molecule has 1 heterocycles. The molecule has 162 valence electrons. The zero-order valence-corrected chi connectivity index (χ0v) is 18.3. The van der Waals surface area contributed by atoms with Gasteiger partial charge in [-0.05, 0) is 93.7 Å². The van der Waals surface area contributed by atoms with Gasteiger partial charge in [-0.1, -0.05) is 37.3 Å². The number of piperidine rings is 1. The van der Waals surface area contributed by atoms with Crippen molar-refractivity contribution < 1.29 is 14.3 Å². The first-order valence-corrected chi connectivity index (χ1v) is 11.5. The highest BCUT2D eigenvalue weighted by molar-refractivity contribution is 5.89. The van der Waals surface area contributed by atoms with Crippen LogP contribution >= 0.6 is 0 Å². The smallest absolute Gasteiger partial charge is 0.376 e. The standard InChI is InChI=1S/C25H34N2O3/c1-22-12-18-13-24(15-22,19-6-4-3-5-7-19)17-25(14-18,16-22)20(28)30-21(29)27-23(2)8-10-26-11-9-23/h3-7,18,26H,8-17H2,1-2H3,(H,27,29). The van der Waals surface area contributed by atoms with Gasteiger partial charge in [-0.25, -0.2) is 4.79 Å². The summed E-state index contributed by atoms with van der Waals surface area (Å²) in [4.78, 5) is 26.1. The van der Waals surface area contributed by atoms with Crippen LogP contribution in [0.1, 0.15) is 70.8 Å². The van der Waals surface area contributed by atoms with E-state index < -0.39 is 11.5 Å². The largest absolute Gasteiger partial charge is 0.415 e. The van der Waals surface area contributed by atoms with Crippen molar-refractivity contribution in [2.24, 2.45) is 16.7 Å². The van der Waals surface area contributed by atoms with E-state index >= 15 is 0 Å². The maximum atomic E-state index is 13.5. The quantitative estimate of drug-likeness (QED) is 0.576. The number of benzene rings is 1. The normalized spacial score (nSPS) is 38.8. The van der Waals surface area contributed by atoms with Crippen molar-refractivity contribution in [3.63, 3.8) is 0 Å². The van der Waals surface area contributed by atoms with E-state index in [2.05, 4.69) is 47.9 Å². The molecule has 1 saturated heterocycles. The molecule has 0 aromatic heterocycles. The lowest BCUT2D eigenvalue weighted by Crippen LogP contribution is -2.61. The van der Waals surface area contributed by atoms with Crippen LogP contribution in [-0.2, 0) is 14.9 Å². The van der Waals surface area contributed by atoms with Crippen LogP contribution < -0.4 is 10.6 Å². The average molecular weight is 411 g/mol. The zero-order valence-electron chi connectivity index (χ0n) is 18.3. The van der Waals surface area contributed by atoms with Crippen molar-refractivity contribution in [2.75, 3.05) is 13.1 Å². The molecule has 4 saturated carbocycles. The van der Waals surface area contributed by atoms with Gasteiger partial charge in [0.25, 0.3) is 0 Å². The molecule has 4 unspecified atom stereocenters. The number of carbonyl (C=O) groups is 2. The Morgan fingerprint density at radius 2 is 1.73 bits per heavy atom. The average Bonchev–Trinajstić information content (AvgIpc) is 2.67. The van der Waals surface area contributed by atoms with Crippen LogP contribution in [0.5, 0.6) is 0 Å². The van der Waals surface area contributed by atoms with Gasteiger partial charge in [-0.15, -0.1) is 0 Å². The molecule has 5 heteroatoms. The Kier molecular flexibility index (Phi) is 4.55. The van der Waals surface area contributed by atoms with Crippen molar-refractivity contribution >= 4 is 12.1 Å². The van der Waals surface area contributed by atoms with Crippen LogP contribution in [0.3, 0.4) is 0 Å². The molecule has 1 aliphatic heterocycles. The van der Waals surface area contributed by atoms with Crippen LogP contribution in [0.25, 0.3) is 0 Å². The summed E-state index contributed by atoms with van der Waals surface area (Å²) in [6.07, 6.45) is 7.11. The fourth-order valence-electron chi connectivity index (χ4n) is 7.83. The van der Waals surface area contributed by atoms with Gasteiger partial charge in [0.1, 0.15) is 0 Å². The van der Waals surface area contributed by atoms with Gasteiger partial charge in [-0.3, -0.25) is 4.79 Å². The molecule has 0 spiro atoms. The third-order valence-corrected chi connectivity index (χ3v) is 8.46. The summed E-state index contributed by atoms with van der Waals surface area (Å²) < 4.78 is 5.52. The molecule has 4 aliphatic carbocycles. The summed E-state index contributed by atoms with van der Waals surface area (Å²) in [5, 5.41) is 6.29. The molecule has 1 aromatic rings. The number of rotatable bonds is 3. The van der Waals surface area contributed by atoms with Crippen molar-refractivity contribution in [3.05, 3.63) is 35.9 Å². The lowest BCUT2D eigenvalue weighted by molar-refractivity contribution is -0.177. The Hall–Kier alpha value is -1.88. The van der Waals surface area contributed by atoms with E-state index in [1.807, 2.05) is 6.92 Å². The number of carbonyl (C=O) groups excluding carboxylic acids is 2. The number of esters is 1. The molecule has 6 rings (SSSR count). The fourth-order valence-corrected chi connectivity index (χ4v) is 7.83. The van der Waals surface area contributed by atoms with E-state index in [4.69, 9.17) is 4.74 Å². The van der Waals surface area contributed by atoms with Crippen LogP contribution in [0.4, 0.5) is 4.79 Å². The maximum absolute atomic E-state index is 13.5. The van der Waals surface area contributed by atoms with Crippen molar-refractivity contribution in [1.82, 2.24) is 10.6 Å². The Labute approximate surface area is 179 Å². The molecule has 4 atom stereocenters. The van der Waals surface area contributed by atoms with Gasteiger partial charge in [0.2, 0.25) is 0 Å². The number of ether oxygens (including phenoxy) is 1. The molecule has 0 radical (unpaired) electrons. The fraction of sp³-hybridized carbons (Fsp3) is 0.680. The third kappa shape index (κ3) is 3.35. The van der Waals surface area contributed by atoms with Crippen molar-refractivity contribution in [1.29, 1.82) is 0 Å². The second-order valence-corrected chi connectivity index (χ2v) is 11.4. The zero-order chi connectivity index (χ0) is 21.0. The second-order valence-electron chi connectivity index (χ2n) is 11.4. The van der Waals surface area contributed by atoms with E-state index in [0.717, 1.165) is 58.0 Å². The summed E-state index contributed by atoms with van der Waals surface area (Å²) in [5.74, 6) is 0.233. The Balaban J connectivity index is 1.37. The highest BCUT2D eigenvalue weighted by Crippen LogP contribution is 2.70. The van der Waals surface area contributed by atoms with E-state index in [9.17, 15) is 9.59 Å². The van der Waals surface area contributed by atoms with Crippen LogP contribution in [0.15, 0.2) is 30.3 Å². The number of alkyl carbamates (subject to hydrolysis) is 1. The summed E-state index contributed by atoms with van der Waals surface area (Å²) in [6.45, 7) is 6.12. The topological polar surface area (TPSA) is 67.4 Å². The van der Waals surface area contributed by atoms with Gasteiger partial charge >= 0.3 is 12.1 Å². The van der Waals surface area contributed by atoms with Crippen molar-refractivity contribution in [3.8, 4) is 0 Å². The molecule has 5 aliphatic rings. The predicted octanol–water partition coefficient (Wildman–Crippen LogP) is 4.31. The van der Waals surface area contributed by atoms with Gasteiger partial charge in [0, 0.05) is 5.54 Å². The summed E-state index contributed by atoms with van der Waals surface area (Å²) in [5.41, 5.74) is 0.694. The van der Waals surface area contributed by atoms with E-state index in [-0.39, 0.29) is 22.3 Å². The highest BCUT2D eigenvalue weighted by atomic mass is 16.6. The number of hydrogen-bond acceptors (Lipinski definition) is 4. The molecule has 5 nitrogen and oxygen atoms in total. The summed E-state index contributed by atoms with van der Waals surface area (Å²) in [6, 6.07) is 10.7. The Morgan fingerprint density at radius 1 is 1.00 bits per heavy atom. The SMILES string of the molecule is CC12CC3CC(C(=O)OC(=O)NC4(C)CCNCC4)(C1)CC(c1ccccc1)(C3)C2. The molecule has 5 fully saturated rings. The van der Waals surface area contributed by atoms with E-state index in [1.54, 1.807) is 0 Å². The number of nitrogens with one attached hydrogen (secondary N) is 2. The Morgan fingerprint density at radius 3 is 2.43 bits per heavy atom. The first-order valence-electron chi connectivity index (χ1n) is 11.5. The molecular weight excluding hydrogens is 376 g/mol. The minimum Gasteiger partial charge on any atom is -0.376 e. The van der Waals surface area contributed by atoms with Crippen LogP contribution in [0.2, 0.25) is 0 Å². The number of amides is 1. The Bertz CT molecular complexity index is 849. The predicted molar refractivity (Wildman–Crippen MR) is 115 cm³/mol. The van der Waals surface area contributed by atoms with Gasteiger partial charge in [0.15, 0.2) is 0 Å². The second kappa shape index (κ2) is 6.81. The highest BCUT2D eigenvalue weighted by Gasteiger charge is 2.65. The van der Waals surface area contributed by atoms with Gasteiger partial charge < -0.3 is 15.4 Å². The molecule has 1 aromatic carbocycles. The first-order chi connectivity index (χ1) is 14.2. The van der Waals surface area contributed by atoms with Crippen LogP contribution in [-0.4, -0.2) is 30.7 Å². The monoisotopic (exact) mass is 410 g/mol. The lowest BCUT2D eigenvalue weighted by atomic mass is 9.39. The summed E-state index contributed by atoms with van der Waals surface area (Å²) in [7, 11) is 0. The van der Waals surface area contributed by atoms with Crippen molar-refractivity contribution in [2.45, 2.75) is 76.2 Å². The first kappa shape index (κ1) is 20.0. The molecular formula is C25H34N2O3.